The van der Waals surface area contributed by atoms with Crippen molar-refractivity contribution < 1.29 is 14.3 Å². The van der Waals surface area contributed by atoms with Gasteiger partial charge in [0.2, 0.25) is 12.7 Å². The van der Waals surface area contributed by atoms with E-state index in [1.54, 1.807) is 0 Å². The van der Waals surface area contributed by atoms with Crippen molar-refractivity contribution in [3.63, 3.8) is 0 Å². The predicted molar refractivity (Wildman–Crippen MR) is 106 cm³/mol. The van der Waals surface area contributed by atoms with E-state index in [0.29, 0.717) is 28.9 Å². The predicted octanol–water partition coefficient (Wildman–Crippen LogP) is 4.32. The van der Waals surface area contributed by atoms with Gasteiger partial charge in [-0.05, 0) is 29.7 Å². The highest BCUT2D eigenvalue weighted by Gasteiger charge is 2.14. The molecule has 0 aliphatic carbocycles. The van der Waals surface area contributed by atoms with Crippen LogP contribution in [0.25, 0.3) is 0 Å². The topological polar surface area (TPSA) is 85.4 Å². The molecule has 142 valence electrons. The Hall–Kier alpha value is -3.61. The molecule has 2 heterocycles. The van der Waals surface area contributed by atoms with Crippen LogP contribution in [0, 0.1) is 0 Å². The Morgan fingerprint density at radius 2 is 1.79 bits per heavy atom. The number of amides is 1. The molecule has 0 spiro atoms. The first-order chi connectivity index (χ1) is 13.6. The van der Waals surface area contributed by atoms with Gasteiger partial charge in [-0.1, -0.05) is 32.0 Å². The van der Waals surface area contributed by atoms with E-state index in [9.17, 15) is 4.79 Å². The Labute approximate surface area is 162 Å². The summed E-state index contributed by atoms with van der Waals surface area (Å²) in [7, 11) is 0. The third-order valence-electron chi connectivity index (χ3n) is 4.37. The van der Waals surface area contributed by atoms with Crippen molar-refractivity contribution in [1.82, 2.24) is 9.97 Å². The van der Waals surface area contributed by atoms with E-state index in [0.717, 1.165) is 16.9 Å². The van der Waals surface area contributed by atoms with Gasteiger partial charge >= 0.3 is 0 Å². The van der Waals surface area contributed by atoms with Crippen LogP contribution in [0.1, 0.15) is 35.7 Å². The van der Waals surface area contributed by atoms with E-state index in [-0.39, 0.29) is 12.7 Å². The average Bonchev–Trinajstić information content (AvgIpc) is 3.16. The van der Waals surface area contributed by atoms with E-state index in [1.165, 1.54) is 12.4 Å². The Kier molecular flexibility index (Phi) is 4.80. The number of aromatic nitrogens is 2. The van der Waals surface area contributed by atoms with Crippen LogP contribution in [0.4, 0.5) is 17.3 Å². The first kappa shape index (κ1) is 17.8. The molecule has 2 N–H and O–H groups in total. The number of ether oxygens (including phenoxy) is 2. The smallest absolute Gasteiger partial charge is 0.258 e. The normalized spacial score (nSPS) is 12.1. The van der Waals surface area contributed by atoms with Gasteiger partial charge in [-0.15, -0.1) is 0 Å². The van der Waals surface area contributed by atoms with Crippen LogP contribution >= 0.6 is 0 Å². The Bertz CT molecular complexity index is 1000. The number of nitrogens with zero attached hydrogens (tertiary/aromatic N) is 2. The lowest BCUT2D eigenvalue weighted by Crippen LogP contribution is -2.14. The molecule has 0 radical (unpaired) electrons. The molecule has 1 aliphatic heterocycles. The molecule has 28 heavy (non-hydrogen) atoms. The molecule has 1 aromatic heterocycles. The van der Waals surface area contributed by atoms with E-state index < -0.39 is 0 Å². The summed E-state index contributed by atoms with van der Waals surface area (Å²) in [5, 5.41) is 6.02. The van der Waals surface area contributed by atoms with Crippen LogP contribution in [0.15, 0.2) is 54.9 Å². The van der Waals surface area contributed by atoms with Crippen LogP contribution in [0.2, 0.25) is 0 Å². The number of para-hydroxylation sites is 1. The second-order valence-corrected chi connectivity index (χ2v) is 6.68. The molecule has 0 bridgehead atoms. The molecule has 7 heteroatoms. The van der Waals surface area contributed by atoms with Crippen molar-refractivity contribution in [2.45, 2.75) is 19.8 Å². The second-order valence-electron chi connectivity index (χ2n) is 6.68. The Balaban J connectivity index is 1.45. The fourth-order valence-electron chi connectivity index (χ4n) is 2.92. The van der Waals surface area contributed by atoms with Crippen LogP contribution in [-0.2, 0) is 0 Å². The minimum Gasteiger partial charge on any atom is -0.454 e. The fraction of sp³-hybridized carbons (Fsp3) is 0.190. The zero-order chi connectivity index (χ0) is 19.5. The highest BCUT2D eigenvalue weighted by molar-refractivity contribution is 6.04. The largest absolute Gasteiger partial charge is 0.454 e. The minimum absolute atomic E-state index is 0.221. The number of nitrogens with one attached hydrogen (secondary N) is 2. The summed E-state index contributed by atoms with van der Waals surface area (Å²) in [6.45, 7) is 4.40. The maximum Gasteiger partial charge on any atom is 0.258 e. The molecule has 0 saturated heterocycles. The van der Waals surface area contributed by atoms with Crippen molar-refractivity contribution in [1.29, 1.82) is 0 Å². The Morgan fingerprint density at radius 1 is 1.04 bits per heavy atom. The van der Waals surface area contributed by atoms with Crippen LogP contribution < -0.4 is 20.1 Å². The lowest BCUT2D eigenvalue weighted by atomic mass is 10.0. The summed E-state index contributed by atoms with van der Waals surface area (Å²) in [4.78, 5) is 21.0. The molecule has 0 saturated carbocycles. The van der Waals surface area contributed by atoms with Crippen molar-refractivity contribution in [3.8, 4) is 11.5 Å². The van der Waals surface area contributed by atoms with Crippen molar-refractivity contribution >= 4 is 23.2 Å². The van der Waals surface area contributed by atoms with Gasteiger partial charge in [0.1, 0.15) is 0 Å². The summed E-state index contributed by atoms with van der Waals surface area (Å²) >= 11 is 0. The molecular weight excluding hydrogens is 356 g/mol. The fourth-order valence-corrected chi connectivity index (χ4v) is 2.92. The molecule has 7 nitrogen and oxygen atoms in total. The third kappa shape index (κ3) is 3.73. The molecule has 4 rings (SSSR count). The summed E-state index contributed by atoms with van der Waals surface area (Å²) in [6.07, 6.45) is 2.99. The van der Waals surface area contributed by atoms with Gasteiger partial charge in [0.15, 0.2) is 11.5 Å². The highest BCUT2D eigenvalue weighted by Crippen LogP contribution is 2.34. The van der Waals surface area contributed by atoms with E-state index in [1.807, 2.05) is 42.5 Å². The van der Waals surface area contributed by atoms with E-state index in [4.69, 9.17) is 9.47 Å². The quantitative estimate of drug-likeness (QED) is 0.690. The van der Waals surface area contributed by atoms with Crippen LogP contribution in [0.5, 0.6) is 11.5 Å². The molecule has 3 aromatic rings. The number of fused-ring (bicyclic) bond motifs is 1. The number of rotatable bonds is 5. The molecular formula is C21H20N4O3. The number of benzene rings is 2. The Morgan fingerprint density at radius 3 is 2.57 bits per heavy atom. The van der Waals surface area contributed by atoms with Gasteiger partial charge in [0.05, 0.1) is 5.56 Å². The van der Waals surface area contributed by atoms with Crippen LogP contribution in [0.3, 0.4) is 0 Å². The van der Waals surface area contributed by atoms with Gasteiger partial charge in [-0.2, -0.15) is 0 Å². The molecule has 0 atom stereocenters. The number of carbonyl (C=O) groups is 1. The van der Waals surface area contributed by atoms with Gasteiger partial charge in [0.25, 0.3) is 5.91 Å². The monoisotopic (exact) mass is 376 g/mol. The first-order valence-corrected chi connectivity index (χ1v) is 8.99. The van der Waals surface area contributed by atoms with Gasteiger partial charge in [-0.3, -0.25) is 4.79 Å². The van der Waals surface area contributed by atoms with E-state index >= 15 is 0 Å². The third-order valence-corrected chi connectivity index (χ3v) is 4.37. The summed E-state index contributed by atoms with van der Waals surface area (Å²) < 4.78 is 10.6. The van der Waals surface area contributed by atoms with Crippen LogP contribution in [-0.4, -0.2) is 22.7 Å². The average molecular weight is 376 g/mol. The highest BCUT2D eigenvalue weighted by atomic mass is 16.7. The number of hydrogen-bond acceptors (Lipinski definition) is 6. The second kappa shape index (κ2) is 7.56. The molecule has 0 fully saturated rings. The summed E-state index contributed by atoms with van der Waals surface area (Å²) in [5.74, 6) is 1.83. The maximum absolute atomic E-state index is 12.5. The number of hydrogen-bond donors (Lipinski definition) is 2. The van der Waals surface area contributed by atoms with Gasteiger partial charge in [-0.25, -0.2) is 9.97 Å². The maximum atomic E-state index is 12.5. The molecule has 2 aromatic carbocycles. The molecule has 1 aliphatic rings. The summed E-state index contributed by atoms with van der Waals surface area (Å²) in [6, 6.07) is 13.2. The molecule has 0 unspecified atom stereocenters. The molecule has 1 amide bonds. The number of carbonyl (C=O) groups excluding carboxylic acids is 1. The lowest BCUT2D eigenvalue weighted by molar-refractivity contribution is 0.102. The van der Waals surface area contributed by atoms with Gasteiger partial charge in [0, 0.05) is 29.8 Å². The minimum atomic E-state index is -0.247. The number of anilines is 3. The summed E-state index contributed by atoms with van der Waals surface area (Å²) in [5.41, 5.74) is 3.03. The first-order valence-electron chi connectivity index (χ1n) is 8.99. The van der Waals surface area contributed by atoms with Crippen molar-refractivity contribution in [2.75, 3.05) is 17.4 Å². The standard InChI is InChI=1S/C21H20N4O3/c1-13(2)16-5-3-4-6-17(16)25-20(26)14-10-22-21(23-11-14)24-15-7-8-18-19(9-15)28-12-27-18/h3-11,13H,12H2,1-2H3,(H,25,26)(H,22,23,24). The van der Waals surface area contributed by atoms with E-state index in [2.05, 4.69) is 34.4 Å². The zero-order valence-electron chi connectivity index (χ0n) is 15.6. The lowest BCUT2D eigenvalue weighted by Gasteiger charge is -2.13. The van der Waals surface area contributed by atoms with Crippen molar-refractivity contribution in [2.24, 2.45) is 0 Å². The van der Waals surface area contributed by atoms with Gasteiger partial charge < -0.3 is 20.1 Å². The SMILES string of the molecule is CC(C)c1ccccc1NC(=O)c1cnc(Nc2ccc3c(c2)OCO3)nc1. The zero-order valence-corrected chi connectivity index (χ0v) is 15.6. The van der Waals surface area contributed by atoms with Crippen molar-refractivity contribution in [3.05, 3.63) is 66.0 Å².